The van der Waals surface area contributed by atoms with E-state index in [0.29, 0.717) is 12.8 Å². The van der Waals surface area contributed by atoms with Crippen LogP contribution in [0.1, 0.15) is 56.0 Å². The Bertz CT molecular complexity index is 1110. The highest BCUT2D eigenvalue weighted by atomic mass is 16.5. The van der Waals surface area contributed by atoms with Gasteiger partial charge in [0.25, 0.3) is 11.5 Å². The van der Waals surface area contributed by atoms with Crippen LogP contribution in [0.5, 0.6) is 5.75 Å². The zero-order valence-corrected chi connectivity index (χ0v) is 21.7. The average Bonchev–Trinajstić information content (AvgIpc) is 2.81. The minimum atomic E-state index is -1.85. The highest BCUT2D eigenvalue weighted by Gasteiger charge is 2.36. The molecule has 0 saturated heterocycles. The summed E-state index contributed by atoms with van der Waals surface area (Å²) in [6.45, 7) is 6.56. The molecule has 0 aliphatic heterocycles. The largest absolute Gasteiger partial charge is 0.482 e. The summed E-state index contributed by atoms with van der Waals surface area (Å²) in [5, 5.41) is 21.7. The topological polar surface area (TPSA) is 144 Å². The van der Waals surface area contributed by atoms with Gasteiger partial charge in [-0.25, -0.2) is 0 Å². The van der Waals surface area contributed by atoms with Crippen LogP contribution in [0.3, 0.4) is 0 Å². The molecule has 0 aliphatic rings. The van der Waals surface area contributed by atoms with E-state index in [1.807, 2.05) is 51.1 Å². The number of nitrogens with one attached hydrogen (secondary N) is 1. The van der Waals surface area contributed by atoms with Gasteiger partial charge in [0.2, 0.25) is 0 Å². The number of nitrogens with zero attached hydrogens (tertiary/aromatic N) is 1. The molecule has 1 aromatic carbocycles. The van der Waals surface area contributed by atoms with Gasteiger partial charge in [-0.2, -0.15) is 0 Å². The van der Waals surface area contributed by atoms with Gasteiger partial charge in [0.15, 0.2) is 11.7 Å². The van der Waals surface area contributed by atoms with Gasteiger partial charge in [0, 0.05) is 19.9 Å². The first-order chi connectivity index (χ1) is 17.4. The SMILES string of the molecule is COCCn1ccc(C(=O)NC(CCCC(C)(C)C)C(C(=O)O)C(=O)O)c(OCc2ccccc2)c1=O. The molecule has 0 fully saturated rings. The fourth-order valence-corrected chi connectivity index (χ4v) is 3.84. The van der Waals surface area contributed by atoms with Crippen molar-refractivity contribution >= 4 is 17.8 Å². The molecular weight excluding hydrogens is 480 g/mol. The van der Waals surface area contributed by atoms with Crippen LogP contribution in [0.4, 0.5) is 0 Å². The standard InChI is InChI=1S/C27H36N2O8/c1-27(2,3)13-8-11-20(21(25(32)33)26(34)35)28-23(30)19-12-14-29(15-16-36-4)24(31)22(19)37-17-18-9-6-5-7-10-18/h5-7,9-10,12,14,20-21H,8,11,13,15-17H2,1-4H3,(H,28,30)(H,32,33)(H,34,35). The number of hydrogen-bond donors (Lipinski definition) is 3. The van der Waals surface area contributed by atoms with Gasteiger partial charge in [-0.3, -0.25) is 19.2 Å². The van der Waals surface area contributed by atoms with Crippen molar-refractivity contribution < 1.29 is 34.1 Å². The van der Waals surface area contributed by atoms with Crippen LogP contribution in [0.15, 0.2) is 47.4 Å². The van der Waals surface area contributed by atoms with Gasteiger partial charge in [-0.15, -0.1) is 0 Å². The molecule has 10 nitrogen and oxygen atoms in total. The van der Waals surface area contributed by atoms with Gasteiger partial charge in [-0.05, 0) is 29.9 Å². The lowest BCUT2D eigenvalue weighted by Gasteiger charge is -2.25. The van der Waals surface area contributed by atoms with Crippen molar-refractivity contribution in [2.24, 2.45) is 11.3 Å². The molecule has 0 radical (unpaired) electrons. The Morgan fingerprint density at radius 2 is 1.70 bits per heavy atom. The maximum atomic E-state index is 13.3. The third-order valence-electron chi connectivity index (χ3n) is 5.82. The maximum Gasteiger partial charge on any atom is 0.320 e. The number of aliphatic carboxylic acids is 2. The predicted octanol–water partition coefficient (Wildman–Crippen LogP) is 3.17. The lowest BCUT2D eigenvalue weighted by molar-refractivity contribution is -0.155. The van der Waals surface area contributed by atoms with Crippen LogP contribution < -0.4 is 15.6 Å². The molecule has 1 aromatic heterocycles. The second-order valence-corrected chi connectivity index (χ2v) is 10.0. The monoisotopic (exact) mass is 516 g/mol. The first-order valence-electron chi connectivity index (χ1n) is 12.1. The third kappa shape index (κ3) is 9.05. The van der Waals surface area contributed by atoms with E-state index in [1.165, 1.54) is 23.9 Å². The molecule has 2 rings (SSSR count). The van der Waals surface area contributed by atoms with E-state index in [9.17, 15) is 29.4 Å². The Hall–Kier alpha value is -3.66. The third-order valence-corrected chi connectivity index (χ3v) is 5.82. The number of amides is 1. The highest BCUT2D eigenvalue weighted by Crippen LogP contribution is 2.24. The number of hydrogen-bond acceptors (Lipinski definition) is 6. The van der Waals surface area contributed by atoms with Gasteiger partial charge >= 0.3 is 11.9 Å². The maximum absolute atomic E-state index is 13.3. The molecule has 1 atom stereocenters. The van der Waals surface area contributed by atoms with Gasteiger partial charge in [0.1, 0.15) is 6.61 Å². The molecule has 0 saturated carbocycles. The van der Waals surface area contributed by atoms with Crippen molar-refractivity contribution in [2.75, 3.05) is 13.7 Å². The summed E-state index contributed by atoms with van der Waals surface area (Å²) >= 11 is 0. The number of carbonyl (C=O) groups excluding carboxylic acids is 1. The normalized spacial score (nSPS) is 12.2. The number of carboxylic acid groups (broad SMARTS) is 2. The molecule has 1 unspecified atom stereocenters. The van der Waals surface area contributed by atoms with Crippen molar-refractivity contribution in [2.45, 2.75) is 59.2 Å². The van der Waals surface area contributed by atoms with Crippen molar-refractivity contribution in [3.63, 3.8) is 0 Å². The van der Waals surface area contributed by atoms with E-state index < -0.39 is 35.4 Å². The number of pyridine rings is 1. The summed E-state index contributed by atoms with van der Waals surface area (Å²) in [5.41, 5.74) is 0.0575. The summed E-state index contributed by atoms with van der Waals surface area (Å²) < 4.78 is 12.2. The number of aromatic nitrogens is 1. The summed E-state index contributed by atoms with van der Waals surface area (Å²) in [6, 6.07) is 9.29. The minimum absolute atomic E-state index is 0.0204. The second kappa shape index (κ2) is 13.6. The van der Waals surface area contributed by atoms with E-state index in [4.69, 9.17) is 9.47 Å². The summed E-state index contributed by atoms with van der Waals surface area (Å²) in [4.78, 5) is 50.0. The zero-order chi connectivity index (χ0) is 27.6. The Balaban J connectivity index is 2.39. The van der Waals surface area contributed by atoms with Crippen molar-refractivity contribution in [1.29, 1.82) is 0 Å². The van der Waals surface area contributed by atoms with Crippen molar-refractivity contribution in [3.05, 3.63) is 64.1 Å². The van der Waals surface area contributed by atoms with Crippen LogP contribution in [-0.4, -0.2) is 52.4 Å². The molecule has 0 aliphatic carbocycles. The molecule has 1 heterocycles. The van der Waals surface area contributed by atoms with Crippen molar-refractivity contribution in [3.8, 4) is 5.75 Å². The van der Waals surface area contributed by atoms with E-state index in [2.05, 4.69) is 5.32 Å². The number of benzene rings is 1. The molecule has 0 spiro atoms. The van der Waals surface area contributed by atoms with E-state index in [0.717, 1.165) is 5.56 Å². The number of rotatable bonds is 14. The van der Waals surface area contributed by atoms with E-state index >= 15 is 0 Å². The van der Waals surface area contributed by atoms with Crippen LogP contribution >= 0.6 is 0 Å². The number of carboxylic acids is 2. The fraction of sp³-hybridized carbons (Fsp3) is 0.481. The molecule has 2 aromatic rings. The predicted molar refractivity (Wildman–Crippen MR) is 137 cm³/mol. The van der Waals surface area contributed by atoms with Crippen LogP contribution in [0, 0.1) is 11.3 Å². The number of methoxy groups -OCH3 is 1. The Labute approximate surface area is 216 Å². The average molecular weight is 517 g/mol. The first kappa shape index (κ1) is 29.6. The molecule has 3 N–H and O–H groups in total. The molecule has 37 heavy (non-hydrogen) atoms. The second-order valence-electron chi connectivity index (χ2n) is 10.0. The number of ether oxygens (including phenoxy) is 2. The van der Waals surface area contributed by atoms with Crippen LogP contribution in [-0.2, 0) is 27.5 Å². The van der Waals surface area contributed by atoms with Gasteiger partial charge in [0.05, 0.1) is 18.2 Å². The summed E-state index contributed by atoms with van der Waals surface area (Å²) in [7, 11) is 1.50. The van der Waals surface area contributed by atoms with Crippen LogP contribution in [0.25, 0.3) is 0 Å². The Morgan fingerprint density at radius 1 is 1.05 bits per heavy atom. The minimum Gasteiger partial charge on any atom is -0.482 e. The van der Waals surface area contributed by atoms with Crippen molar-refractivity contribution in [1.82, 2.24) is 9.88 Å². The lowest BCUT2D eigenvalue weighted by atomic mass is 9.86. The van der Waals surface area contributed by atoms with Crippen LogP contribution in [0.2, 0.25) is 0 Å². The Morgan fingerprint density at radius 3 is 2.27 bits per heavy atom. The molecule has 10 heteroatoms. The summed E-state index contributed by atoms with van der Waals surface area (Å²) in [6.07, 6.45) is 2.76. The van der Waals surface area contributed by atoms with Gasteiger partial charge < -0.3 is 29.6 Å². The Kier molecular flexibility index (Phi) is 10.9. The summed E-state index contributed by atoms with van der Waals surface area (Å²) in [5.74, 6) is -5.95. The molecule has 0 bridgehead atoms. The van der Waals surface area contributed by atoms with E-state index in [-0.39, 0.29) is 42.9 Å². The van der Waals surface area contributed by atoms with E-state index in [1.54, 1.807) is 0 Å². The molecule has 202 valence electrons. The zero-order valence-electron chi connectivity index (χ0n) is 21.7. The van der Waals surface area contributed by atoms with Gasteiger partial charge in [-0.1, -0.05) is 57.5 Å². The molecular formula is C27H36N2O8. The lowest BCUT2D eigenvalue weighted by Crippen LogP contribution is -2.47. The fourth-order valence-electron chi connectivity index (χ4n) is 3.84. The quantitative estimate of drug-likeness (QED) is 0.325. The first-order valence-corrected chi connectivity index (χ1v) is 12.1. The number of carbonyl (C=O) groups is 3. The molecule has 1 amide bonds. The highest BCUT2D eigenvalue weighted by molar-refractivity contribution is 5.99. The smallest absolute Gasteiger partial charge is 0.320 e.